The molecular formula is C11H24N2. The lowest BCUT2D eigenvalue weighted by Gasteiger charge is -2.43. The molecule has 2 heteroatoms. The molecule has 0 saturated carbocycles. The van der Waals surface area contributed by atoms with E-state index in [1.807, 2.05) is 6.92 Å². The summed E-state index contributed by atoms with van der Waals surface area (Å²) < 4.78 is 0. The van der Waals surface area contributed by atoms with Crippen LogP contribution >= 0.6 is 0 Å². The predicted molar refractivity (Wildman–Crippen MR) is 59.8 cm³/mol. The molecule has 0 aromatic rings. The zero-order chi connectivity index (χ0) is 10.6. The number of hydrogen-bond acceptors (Lipinski definition) is 2. The lowest BCUT2D eigenvalue weighted by Crippen LogP contribution is -2.57. The van der Waals surface area contributed by atoms with Crippen LogP contribution in [-0.2, 0) is 0 Å². The smallest absolute Gasteiger partial charge is 0.0435 e. The first-order valence-electron chi connectivity index (χ1n) is 5.00. The zero-order valence-electron chi connectivity index (χ0n) is 9.72. The Labute approximate surface area is 82.8 Å². The third kappa shape index (κ3) is 2.32. The van der Waals surface area contributed by atoms with Crippen LogP contribution in [0.5, 0.6) is 0 Å². The Hall–Kier alpha value is -0.340. The number of rotatable bonds is 5. The molecule has 0 rings (SSSR count). The number of hydrogen-bond donors (Lipinski definition) is 1. The van der Waals surface area contributed by atoms with Gasteiger partial charge < -0.3 is 10.6 Å². The van der Waals surface area contributed by atoms with Gasteiger partial charge in [-0.2, -0.15) is 0 Å². The molecule has 78 valence electrons. The minimum atomic E-state index is 0.0671. The van der Waals surface area contributed by atoms with Gasteiger partial charge in [0.15, 0.2) is 0 Å². The van der Waals surface area contributed by atoms with E-state index < -0.39 is 0 Å². The van der Waals surface area contributed by atoms with Crippen LogP contribution in [-0.4, -0.2) is 30.6 Å². The minimum Gasteiger partial charge on any atom is -0.323 e. The maximum absolute atomic E-state index is 6.18. The highest BCUT2D eigenvalue weighted by Crippen LogP contribution is 2.27. The topological polar surface area (TPSA) is 29.3 Å². The average molecular weight is 184 g/mol. The van der Waals surface area contributed by atoms with Gasteiger partial charge in [-0.25, -0.2) is 0 Å². The lowest BCUT2D eigenvalue weighted by atomic mass is 9.81. The number of likely N-dealkylation sites (N-methyl/N-ethyl adjacent to an activating group) is 1. The summed E-state index contributed by atoms with van der Waals surface area (Å²) in [6.07, 6.45) is 2.12. The molecule has 0 fully saturated rings. The number of nitrogens with zero attached hydrogens (tertiary/aromatic N) is 1. The molecule has 0 bridgehead atoms. The van der Waals surface area contributed by atoms with Crippen molar-refractivity contribution in [1.82, 2.24) is 4.90 Å². The molecule has 0 aromatic heterocycles. The van der Waals surface area contributed by atoms with E-state index >= 15 is 0 Å². The standard InChI is InChI=1S/C11H24N2/c1-7-11(8-2,13(5)6)10(12)9(3)4/h10H,3,7-8,12H2,1-2,4-6H3. The minimum absolute atomic E-state index is 0.0671. The maximum Gasteiger partial charge on any atom is 0.0435 e. The Morgan fingerprint density at radius 2 is 1.77 bits per heavy atom. The summed E-state index contributed by atoms with van der Waals surface area (Å²) in [6.45, 7) is 10.3. The first-order valence-corrected chi connectivity index (χ1v) is 5.00. The molecule has 1 atom stereocenters. The lowest BCUT2D eigenvalue weighted by molar-refractivity contribution is 0.119. The Morgan fingerprint density at radius 3 is 1.85 bits per heavy atom. The van der Waals surface area contributed by atoms with Gasteiger partial charge in [0.2, 0.25) is 0 Å². The summed E-state index contributed by atoms with van der Waals surface area (Å²) in [5, 5.41) is 0. The Bertz CT molecular complexity index is 169. The molecule has 13 heavy (non-hydrogen) atoms. The van der Waals surface area contributed by atoms with Crippen LogP contribution < -0.4 is 5.73 Å². The monoisotopic (exact) mass is 184 g/mol. The van der Waals surface area contributed by atoms with Gasteiger partial charge in [0.25, 0.3) is 0 Å². The second-order valence-corrected chi connectivity index (χ2v) is 4.03. The highest BCUT2D eigenvalue weighted by Gasteiger charge is 2.35. The molecule has 1 unspecified atom stereocenters. The Kier molecular flexibility index (Phi) is 4.65. The summed E-state index contributed by atoms with van der Waals surface area (Å²) in [6, 6.07) is 0.0671. The molecule has 0 radical (unpaired) electrons. The third-order valence-corrected chi connectivity index (χ3v) is 3.22. The van der Waals surface area contributed by atoms with Crippen molar-refractivity contribution in [3.63, 3.8) is 0 Å². The molecule has 2 nitrogen and oxygen atoms in total. The largest absolute Gasteiger partial charge is 0.323 e. The van der Waals surface area contributed by atoms with E-state index in [2.05, 4.69) is 39.4 Å². The predicted octanol–water partition coefficient (Wildman–Crippen LogP) is 2.01. The van der Waals surface area contributed by atoms with Crippen molar-refractivity contribution in [3.05, 3.63) is 12.2 Å². The maximum atomic E-state index is 6.18. The van der Waals surface area contributed by atoms with Gasteiger partial charge in [-0.05, 0) is 33.9 Å². The Balaban J connectivity index is 4.85. The normalized spacial score (nSPS) is 14.7. The van der Waals surface area contributed by atoms with Crippen LogP contribution in [0.25, 0.3) is 0 Å². The van der Waals surface area contributed by atoms with E-state index in [4.69, 9.17) is 5.73 Å². The van der Waals surface area contributed by atoms with Crippen molar-refractivity contribution in [2.24, 2.45) is 5.73 Å². The van der Waals surface area contributed by atoms with Gasteiger partial charge in [0.05, 0.1) is 0 Å². The van der Waals surface area contributed by atoms with Crippen molar-refractivity contribution in [2.75, 3.05) is 14.1 Å². The fourth-order valence-corrected chi connectivity index (χ4v) is 2.06. The fourth-order valence-electron chi connectivity index (χ4n) is 2.06. The van der Waals surface area contributed by atoms with Gasteiger partial charge in [-0.3, -0.25) is 0 Å². The van der Waals surface area contributed by atoms with E-state index in [9.17, 15) is 0 Å². The second-order valence-electron chi connectivity index (χ2n) is 4.03. The van der Waals surface area contributed by atoms with E-state index in [0.717, 1.165) is 18.4 Å². The van der Waals surface area contributed by atoms with Gasteiger partial charge in [0, 0.05) is 11.6 Å². The summed E-state index contributed by atoms with van der Waals surface area (Å²) in [5.74, 6) is 0. The molecule has 0 aliphatic carbocycles. The summed E-state index contributed by atoms with van der Waals surface area (Å²) >= 11 is 0. The molecule has 2 N–H and O–H groups in total. The van der Waals surface area contributed by atoms with Gasteiger partial charge in [0.1, 0.15) is 0 Å². The van der Waals surface area contributed by atoms with Crippen LogP contribution in [0.1, 0.15) is 33.6 Å². The molecule has 0 aliphatic heterocycles. The van der Waals surface area contributed by atoms with Crippen molar-refractivity contribution in [3.8, 4) is 0 Å². The first-order chi connectivity index (χ1) is 5.92. The highest BCUT2D eigenvalue weighted by molar-refractivity contribution is 5.12. The van der Waals surface area contributed by atoms with Crippen molar-refractivity contribution < 1.29 is 0 Å². The van der Waals surface area contributed by atoms with Crippen LogP contribution in [0.3, 0.4) is 0 Å². The van der Waals surface area contributed by atoms with Gasteiger partial charge >= 0.3 is 0 Å². The summed E-state index contributed by atoms with van der Waals surface area (Å²) in [5.41, 5.74) is 7.32. The summed E-state index contributed by atoms with van der Waals surface area (Å²) in [4.78, 5) is 2.23. The highest BCUT2D eigenvalue weighted by atomic mass is 15.2. The van der Waals surface area contributed by atoms with E-state index in [1.54, 1.807) is 0 Å². The first kappa shape index (κ1) is 12.7. The van der Waals surface area contributed by atoms with Crippen molar-refractivity contribution >= 4 is 0 Å². The molecular weight excluding hydrogens is 160 g/mol. The third-order valence-electron chi connectivity index (χ3n) is 3.22. The van der Waals surface area contributed by atoms with Crippen molar-refractivity contribution in [2.45, 2.75) is 45.2 Å². The summed E-state index contributed by atoms with van der Waals surface area (Å²) in [7, 11) is 4.19. The fraction of sp³-hybridized carbons (Fsp3) is 0.818. The van der Waals surface area contributed by atoms with Crippen molar-refractivity contribution in [1.29, 1.82) is 0 Å². The molecule has 0 saturated heterocycles. The molecule has 0 spiro atoms. The van der Waals surface area contributed by atoms with E-state index in [-0.39, 0.29) is 11.6 Å². The van der Waals surface area contributed by atoms with Crippen LogP contribution in [0.15, 0.2) is 12.2 Å². The molecule has 0 amide bonds. The van der Waals surface area contributed by atoms with E-state index in [1.165, 1.54) is 0 Å². The SMILES string of the molecule is C=C(C)C(N)C(CC)(CC)N(C)C. The zero-order valence-corrected chi connectivity index (χ0v) is 9.72. The van der Waals surface area contributed by atoms with Crippen LogP contribution in [0, 0.1) is 0 Å². The van der Waals surface area contributed by atoms with Gasteiger partial charge in [-0.1, -0.05) is 26.0 Å². The Morgan fingerprint density at radius 1 is 1.38 bits per heavy atom. The van der Waals surface area contributed by atoms with E-state index in [0.29, 0.717) is 0 Å². The quantitative estimate of drug-likeness (QED) is 0.662. The average Bonchev–Trinajstić information content (AvgIpc) is 2.06. The molecule has 0 aromatic carbocycles. The molecule has 0 aliphatic rings. The van der Waals surface area contributed by atoms with Crippen LogP contribution in [0.4, 0.5) is 0 Å². The van der Waals surface area contributed by atoms with Crippen LogP contribution in [0.2, 0.25) is 0 Å². The second kappa shape index (κ2) is 4.77. The molecule has 0 heterocycles. The van der Waals surface area contributed by atoms with Gasteiger partial charge in [-0.15, -0.1) is 0 Å². The number of nitrogens with two attached hydrogens (primary N) is 1.